The van der Waals surface area contributed by atoms with E-state index >= 15 is 0 Å². The molecule has 0 unspecified atom stereocenters. The van der Waals surface area contributed by atoms with Crippen molar-refractivity contribution in [3.63, 3.8) is 0 Å². The van der Waals surface area contributed by atoms with E-state index < -0.39 is 0 Å². The number of benzene rings is 5. The maximum Gasteiger partial charge on any atom is 0.0890 e. The summed E-state index contributed by atoms with van der Waals surface area (Å²) in [4.78, 5) is 13.8. The summed E-state index contributed by atoms with van der Waals surface area (Å²) >= 11 is 0. The van der Waals surface area contributed by atoms with E-state index in [1.807, 2.05) is 6.20 Å². The van der Waals surface area contributed by atoms with Crippen LogP contribution in [0.4, 0.5) is 0 Å². The third kappa shape index (κ3) is 13.6. The van der Waals surface area contributed by atoms with E-state index in [4.69, 9.17) is 0 Å². The standard InChI is InChI=1S/C16H20.C15H19N.C14H18N2.C12H18/c1-11(2)13-5-7-16-10-14(12(3)4)6-8-15(16)9-13;1-10(2)12-5-8-15-13(9-12)6-7-14(16-15)11(3)4;1-9(2)11-5-6-12-13(7-11)15-8-14(16-12)10(3)4;1-9(2)11-5-7-12(8-6-11)10(3)4/h5-12H,1-4H3;5-11H,1-4H3;5-10H,1-4H3;5-10H,1-4H3. The topological polar surface area (TPSA) is 38.7 Å². The molecule has 2 heterocycles. The highest BCUT2D eigenvalue weighted by Gasteiger charge is 2.08. The molecule has 318 valence electrons. The molecule has 0 aliphatic carbocycles. The molecule has 0 fully saturated rings. The van der Waals surface area contributed by atoms with Gasteiger partial charge < -0.3 is 0 Å². The Balaban J connectivity index is 0.000000178. The number of fused-ring (bicyclic) bond motifs is 3. The second kappa shape index (κ2) is 22.1. The van der Waals surface area contributed by atoms with Crippen molar-refractivity contribution in [2.45, 2.75) is 158 Å². The molecule has 3 nitrogen and oxygen atoms in total. The summed E-state index contributed by atoms with van der Waals surface area (Å²) in [5.41, 5.74) is 13.7. The molecular weight excluding hydrogens is 727 g/mol. The fraction of sp³-hybridized carbons (Fsp3) is 0.421. The number of pyridine rings is 1. The molecule has 60 heavy (non-hydrogen) atoms. The van der Waals surface area contributed by atoms with Crippen molar-refractivity contribution >= 4 is 32.7 Å². The zero-order valence-electron chi connectivity index (χ0n) is 39.9. The predicted molar refractivity (Wildman–Crippen MR) is 264 cm³/mol. The van der Waals surface area contributed by atoms with Gasteiger partial charge in [-0.2, -0.15) is 0 Å². The van der Waals surface area contributed by atoms with E-state index in [-0.39, 0.29) is 0 Å². The highest BCUT2D eigenvalue weighted by Crippen LogP contribution is 2.26. The first-order chi connectivity index (χ1) is 28.3. The molecule has 0 saturated heterocycles. The first-order valence-electron chi connectivity index (χ1n) is 22.6. The molecule has 7 rings (SSSR count). The van der Waals surface area contributed by atoms with Crippen LogP contribution in [-0.4, -0.2) is 15.0 Å². The first-order valence-corrected chi connectivity index (χ1v) is 22.6. The zero-order chi connectivity index (χ0) is 44.3. The summed E-state index contributed by atoms with van der Waals surface area (Å²) in [5.74, 6) is 4.54. The van der Waals surface area contributed by atoms with E-state index in [0.29, 0.717) is 47.3 Å². The third-order valence-electron chi connectivity index (χ3n) is 11.3. The van der Waals surface area contributed by atoms with Crippen LogP contribution < -0.4 is 0 Å². The lowest BCUT2D eigenvalue weighted by molar-refractivity contribution is 0.821. The van der Waals surface area contributed by atoms with E-state index in [1.165, 1.54) is 55.2 Å². The molecule has 0 N–H and O–H groups in total. The van der Waals surface area contributed by atoms with Crippen molar-refractivity contribution in [1.29, 1.82) is 0 Å². The average Bonchev–Trinajstić information content (AvgIpc) is 3.22. The molecule has 7 aromatic rings. The second-order valence-corrected chi connectivity index (χ2v) is 19.0. The van der Waals surface area contributed by atoms with Gasteiger partial charge in [0.1, 0.15) is 0 Å². The van der Waals surface area contributed by atoms with Crippen molar-refractivity contribution in [3.8, 4) is 0 Å². The number of aromatic nitrogens is 3. The Morgan fingerprint density at radius 1 is 0.267 bits per heavy atom. The summed E-state index contributed by atoms with van der Waals surface area (Å²) in [6.07, 6.45) is 1.89. The molecule has 0 radical (unpaired) electrons. The average molecular weight is 802 g/mol. The predicted octanol–water partition coefficient (Wildman–Crippen LogP) is 17.4. The third-order valence-corrected chi connectivity index (χ3v) is 11.3. The molecule has 5 aromatic carbocycles. The van der Waals surface area contributed by atoms with Gasteiger partial charge in [-0.15, -0.1) is 0 Å². The van der Waals surface area contributed by atoms with Crippen molar-refractivity contribution < 1.29 is 0 Å². The van der Waals surface area contributed by atoms with Crippen LogP contribution in [0.3, 0.4) is 0 Å². The van der Waals surface area contributed by atoms with Crippen molar-refractivity contribution in [1.82, 2.24) is 15.0 Å². The van der Waals surface area contributed by atoms with E-state index in [9.17, 15) is 0 Å². The summed E-state index contributed by atoms with van der Waals surface area (Å²) in [6.45, 7) is 35.3. The number of hydrogen-bond acceptors (Lipinski definition) is 3. The normalized spacial score (nSPS) is 11.5. The first kappa shape index (κ1) is 47.8. The Bertz CT molecular complexity index is 2000. The smallest absolute Gasteiger partial charge is 0.0890 e. The largest absolute Gasteiger partial charge is 0.253 e. The summed E-state index contributed by atoms with van der Waals surface area (Å²) < 4.78 is 0. The van der Waals surface area contributed by atoms with Crippen LogP contribution in [0.1, 0.15) is 203 Å². The van der Waals surface area contributed by atoms with E-state index in [1.54, 1.807) is 0 Å². The summed E-state index contributed by atoms with van der Waals surface area (Å²) in [6, 6.07) is 39.8. The molecule has 0 bridgehead atoms. The lowest BCUT2D eigenvalue weighted by Crippen LogP contribution is -1.96. The van der Waals surface area contributed by atoms with E-state index in [2.05, 4.69) is 235 Å². The molecular formula is C57H75N3. The Kier molecular flexibility index (Phi) is 17.6. The van der Waals surface area contributed by atoms with Crippen molar-refractivity contribution in [2.75, 3.05) is 0 Å². The molecule has 0 atom stereocenters. The van der Waals surface area contributed by atoms with Crippen LogP contribution >= 0.6 is 0 Å². The maximum atomic E-state index is 4.68. The van der Waals surface area contributed by atoms with Gasteiger partial charge in [-0.25, -0.2) is 4.98 Å². The molecule has 0 aliphatic rings. The van der Waals surface area contributed by atoms with Gasteiger partial charge in [0.15, 0.2) is 0 Å². The van der Waals surface area contributed by atoms with Gasteiger partial charge in [-0.1, -0.05) is 190 Å². The molecule has 0 saturated carbocycles. The Labute approximate surface area is 364 Å². The highest BCUT2D eigenvalue weighted by molar-refractivity contribution is 5.84. The van der Waals surface area contributed by atoms with Gasteiger partial charge in [0.2, 0.25) is 0 Å². The molecule has 0 amide bonds. The van der Waals surface area contributed by atoms with Crippen LogP contribution in [-0.2, 0) is 0 Å². The second-order valence-electron chi connectivity index (χ2n) is 19.0. The maximum absolute atomic E-state index is 4.68. The van der Waals surface area contributed by atoms with Crippen molar-refractivity contribution in [2.24, 2.45) is 0 Å². The van der Waals surface area contributed by atoms with E-state index in [0.717, 1.165) is 22.2 Å². The molecule has 2 aromatic heterocycles. The fourth-order valence-corrected chi connectivity index (χ4v) is 6.79. The van der Waals surface area contributed by atoms with Gasteiger partial charge in [-0.05, 0) is 122 Å². The van der Waals surface area contributed by atoms with Crippen molar-refractivity contribution in [3.05, 3.63) is 160 Å². The summed E-state index contributed by atoms with van der Waals surface area (Å²) in [7, 11) is 0. The number of nitrogens with zero attached hydrogens (tertiary/aromatic N) is 3. The number of rotatable bonds is 8. The molecule has 0 aliphatic heterocycles. The monoisotopic (exact) mass is 802 g/mol. The lowest BCUT2D eigenvalue weighted by Gasteiger charge is -2.10. The van der Waals surface area contributed by atoms with Gasteiger partial charge in [0.05, 0.1) is 22.2 Å². The van der Waals surface area contributed by atoms with Gasteiger partial charge in [0, 0.05) is 17.3 Å². The quantitative estimate of drug-likeness (QED) is 0.154. The van der Waals surface area contributed by atoms with Crippen LogP contribution in [0.2, 0.25) is 0 Å². The molecule has 3 heteroatoms. The fourth-order valence-electron chi connectivity index (χ4n) is 6.79. The van der Waals surface area contributed by atoms with Gasteiger partial charge in [0.25, 0.3) is 0 Å². The lowest BCUT2D eigenvalue weighted by atomic mass is 9.96. The minimum atomic E-state index is 0.432. The van der Waals surface area contributed by atoms with Gasteiger partial charge in [-0.3, -0.25) is 9.97 Å². The van der Waals surface area contributed by atoms with Crippen LogP contribution in [0, 0.1) is 0 Å². The van der Waals surface area contributed by atoms with Crippen LogP contribution in [0.25, 0.3) is 32.7 Å². The zero-order valence-corrected chi connectivity index (χ0v) is 39.9. The number of hydrogen-bond donors (Lipinski definition) is 0. The van der Waals surface area contributed by atoms with Crippen LogP contribution in [0.15, 0.2) is 115 Å². The highest BCUT2D eigenvalue weighted by atomic mass is 14.8. The minimum absolute atomic E-state index is 0.432. The Hall–Kier alpha value is -4.89. The summed E-state index contributed by atoms with van der Waals surface area (Å²) in [5, 5.41) is 3.96. The SMILES string of the molecule is CC(C)c1ccc(C(C)C)cc1.CC(C)c1ccc2cc(C(C)C)ccc2c1.CC(C)c1ccc2nc(C(C)C)ccc2c1.CC(C)c1ccc2nc(C(C)C)cnc2c1. The Morgan fingerprint density at radius 3 is 1.02 bits per heavy atom. The Morgan fingerprint density at radius 2 is 0.600 bits per heavy atom. The molecule has 0 spiro atoms. The minimum Gasteiger partial charge on any atom is -0.253 e. The van der Waals surface area contributed by atoms with Gasteiger partial charge >= 0.3 is 0 Å². The van der Waals surface area contributed by atoms with Crippen LogP contribution in [0.5, 0.6) is 0 Å².